The van der Waals surface area contributed by atoms with E-state index in [-0.39, 0.29) is 5.04 Å². The van der Waals surface area contributed by atoms with E-state index < -0.39 is 8.32 Å². The topological polar surface area (TPSA) is 106 Å². The van der Waals surface area contributed by atoms with Gasteiger partial charge in [-0.1, -0.05) is 20.8 Å². The Bertz CT molecular complexity index is 1430. The molecule has 4 aromatic rings. The van der Waals surface area contributed by atoms with E-state index in [1.807, 2.05) is 55.1 Å². The molecule has 10 heteroatoms. The molecule has 0 radical (unpaired) electrons. The molecule has 0 spiro atoms. The van der Waals surface area contributed by atoms with Gasteiger partial charge in [-0.2, -0.15) is 15.5 Å². The molecule has 3 aromatic heterocycles. The number of nitriles is 1. The number of hydrogen-bond acceptors (Lipinski definition) is 7. The molecule has 0 amide bonds. The molecule has 1 N–H and O–H groups in total. The van der Waals surface area contributed by atoms with Gasteiger partial charge in [-0.3, -0.25) is 0 Å². The van der Waals surface area contributed by atoms with Gasteiger partial charge in [0.25, 0.3) is 0 Å². The van der Waals surface area contributed by atoms with Crippen LogP contribution in [0.15, 0.2) is 48.9 Å². The van der Waals surface area contributed by atoms with E-state index in [9.17, 15) is 5.26 Å². The molecule has 9 nitrogen and oxygen atoms in total. The molecule has 1 aromatic carbocycles. The smallest absolute Gasteiger partial charge is 0.196 e. The van der Waals surface area contributed by atoms with Crippen molar-refractivity contribution in [1.82, 2.24) is 29.8 Å². The number of nitrogens with zero attached hydrogens (tertiary/aromatic N) is 7. The van der Waals surface area contributed by atoms with Crippen LogP contribution in [0.25, 0.3) is 11.5 Å². The van der Waals surface area contributed by atoms with Crippen molar-refractivity contribution < 1.29 is 4.43 Å². The quantitative estimate of drug-likeness (QED) is 0.303. The molecule has 0 aliphatic heterocycles. The molecule has 0 aliphatic rings. The van der Waals surface area contributed by atoms with Crippen LogP contribution in [0, 0.1) is 25.2 Å². The Hall–Kier alpha value is -3.81. The summed E-state index contributed by atoms with van der Waals surface area (Å²) in [4.78, 5) is 6.36. The van der Waals surface area contributed by atoms with Crippen LogP contribution in [-0.4, -0.2) is 44.7 Å². The molecule has 0 saturated carbocycles. The second-order valence-electron chi connectivity index (χ2n) is 10.7. The summed E-state index contributed by atoms with van der Waals surface area (Å²) in [5.41, 5.74) is 5.26. The third-order valence-corrected chi connectivity index (χ3v) is 11.4. The van der Waals surface area contributed by atoms with Gasteiger partial charge < -0.3 is 9.74 Å². The standard InChI is InChI=1S/C27H34N8OSi/c1-19-16-21(18-28)8-9-23(19)32-26-22(11-15-36-37(6,7)27(3,4)5)24(17-20(2)31-26)34-14-10-25(33-34)35-29-12-13-30-35/h8-10,12-14,16-17H,11,15H2,1-7H3,(H,31,32). The van der Waals surface area contributed by atoms with Crippen LogP contribution in [0.3, 0.4) is 0 Å². The van der Waals surface area contributed by atoms with Gasteiger partial charge >= 0.3 is 0 Å². The van der Waals surface area contributed by atoms with Crippen molar-refractivity contribution in [2.45, 2.75) is 59.2 Å². The lowest BCUT2D eigenvalue weighted by molar-refractivity contribution is 0.292. The highest BCUT2D eigenvalue weighted by atomic mass is 28.4. The number of benzene rings is 1. The lowest BCUT2D eigenvalue weighted by Gasteiger charge is -2.36. The van der Waals surface area contributed by atoms with E-state index in [4.69, 9.17) is 14.5 Å². The van der Waals surface area contributed by atoms with Crippen LogP contribution in [0.5, 0.6) is 0 Å². The number of anilines is 2. The average Bonchev–Trinajstić information content (AvgIpc) is 3.52. The summed E-state index contributed by atoms with van der Waals surface area (Å²) in [6.07, 6.45) is 5.81. The Balaban J connectivity index is 1.74. The summed E-state index contributed by atoms with van der Waals surface area (Å²) >= 11 is 0. The molecule has 4 rings (SSSR count). The van der Waals surface area contributed by atoms with E-state index in [2.05, 4.69) is 55.4 Å². The van der Waals surface area contributed by atoms with Gasteiger partial charge in [-0.15, -0.1) is 9.90 Å². The predicted octanol–water partition coefficient (Wildman–Crippen LogP) is 5.64. The first-order valence-electron chi connectivity index (χ1n) is 12.3. The minimum atomic E-state index is -1.92. The average molecular weight is 515 g/mol. The number of rotatable bonds is 8. The van der Waals surface area contributed by atoms with Crippen molar-refractivity contribution in [1.29, 1.82) is 5.26 Å². The summed E-state index contributed by atoms with van der Waals surface area (Å²) in [7, 11) is -1.92. The third kappa shape index (κ3) is 5.79. The van der Waals surface area contributed by atoms with Crippen molar-refractivity contribution >= 4 is 19.8 Å². The number of aromatic nitrogens is 6. The van der Waals surface area contributed by atoms with Gasteiger partial charge in [0, 0.05) is 42.2 Å². The fourth-order valence-electron chi connectivity index (χ4n) is 3.75. The molecule has 3 heterocycles. The Morgan fingerprint density at radius 3 is 2.46 bits per heavy atom. The highest BCUT2D eigenvalue weighted by molar-refractivity contribution is 6.74. The second-order valence-corrected chi connectivity index (χ2v) is 15.5. The fraction of sp³-hybridized carbons (Fsp3) is 0.370. The van der Waals surface area contributed by atoms with Crippen molar-refractivity contribution in [3.63, 3.8) is 0 Å². The van der Waals surface area contributed by atoms with Gasteiger partial charge in [0.15, 0.2) is 14.1 Å². The first-order chi connectivity index (χ1) is 17.5. The molecule has 37 heavy (non-hydrogen) atoms. The van der Waals surface area contributed by atoms with Gasteiger partial charge in [0.2, 0.25) is 0 Å². The van der Waals surface area contributed by atoms with Gasteiger partial charge in [0.05, 0.1) is 29.7 Å². The maximum atomic E-state index is 9.26. The van der Waals surface area contributed by atoms with Gasteiger partial charge in [0.1, 0.15) is 5.82 Å². The van der Waals surface area contributed by atoms with E-state index in [0.29, 0.717) is 24.4 Å². The van der Waals surface area contributed by atoms with Crippen molar-refractivity contribution in [2.24, 2.45) is 0 Å². The molecule has 0 aliphatic carbocycles. The Morgan fingerprint density at radius 2 is 1.81 bits per heavy atom. The Kier molecular flexibility index (Phi) is 7.29. The van der Waals surface area contributed by atoms with Gasteiger partial charge in [-0.25, -0.2) is 9.67 Å². The van der Waals surface area contributed by atoms with Crippen LogP contribution >= 0.6 is 0 Å². The molecule has 0 bridgehead atoms. The maximum absolute atomic E-state index is 9.26. The second kappa shape index (κ2) is 10.3. The predicted molar refractivity (Wildman–Crippen MR) is 147 cm³/mol. The number of aryl methyl sites for hydroxylation is 2. The highest BCUT2D eigenvalue weighted by Crippen LogP contribution is 2.37. The lowest BCUT2D eigenvalue weighted by Crippen LogP contribution is -2.41. The highest BCUT2D eigenvalue weighted by Gasteiger charge is 2.37. The summed E-state index contributed by atoms with van der Waals surface area (Å²) in [5, 5.41) is 26.0. The van der Waals surface area contributed by atoms with Crippen LogP contribution in [0.4, 0.5) is 11.5 Å². The summed E-state index contributed by atoms with van der Waals surface area (Å²) in [6, 6.07) is 11.7. The van der Waals surface area contributed by atoms with Crippen molar-refractivity contribution in [2.75, 3.05) is 11.9 Å². The van der Waals surface area contributed by atoms with Crippen LogP contribution in [0.2, 0.25) is 18.1 Å². The largest absolute Gasteiger partial charge is 0.416 e. The number of hydrogen-bond donors (Lipinski definition) is 1. The summed E-state index contributed by atoms with van der Waals surface area (Å²) < 4.78 is 8.37. The van der Waals surface area contributed by atoms with Crippen LogP contribution < -0.4 is 5.32 Å². The zero-order chi connectivity index (χ0) is 26.8. The molecule has 192 valence electrons. The third-order valence-electron chi connectivity index (χ3n) is 6.90. The first kappa shape index (κ1) is 26.3. The normalized spacial score (nSPS) is 11.9. The fourth-order valence-corrected chi connectivity index (χ4v) is 4.80. The molecule has 0 saturated heterocycles. The molecular weight excluding hydrogens is 480 g/mol. The van der Waals surface area contributed by atoms with E-state index in [1.165, 1.54) is 4.80 Å². The van der Waals surface area contributed by atoms with Gasteiger partial charge in [-0.05, 0) is 61.8 Å². The molecule has 0 fully saturated rings. The van der Waals surface area contributed by atoms with E-state index in [1.54, 1.807) is 12.4 Å². The molecule has 0 atom stereocenters. The minimum absolute atomic E-state index is 0.121. The van der Waals surface area contributed by atoms with Crippen molar-refractivity contribution in [3.8, 4) is 17.6 Å². The Labute approximate surface area is 219 Å². The number of pyridine rings is 1. The number of nitrogens with one attached hydrogen (secondary N) is 1. The van der Waals surface area contributed by atoms with Crippen LogP contribution in [-0.2, 0) is 10.8 Å². The SMILES string of the molecule is Cc1cc(-n2ccc(-n3nccn3)n2)c(CCO[Si](C)(C)C(C)(C)C)c(Nc2ccc(C#N)cc2C)n1. The maximum Gasteiger partial charge on any atom is 0.196 e. The minimum Gasteiger partial charge on any atom is -0.416 e. The molecular formula is C27H34N8OSi. The summed E-state index contributed by atoms with van der Waals surface area (Å²) in [5.74, 6) is 1.37. The zero-order valence-corrected chi connectivity index (χ0v) is 23.6. The first-order valence-corrected chi connectivity index (χ1v) is 15.2. The lowest BCUT2D eigenvalue weighted by atomic mass is 10.1. The van der Waals surface area contributed by atoms with Crippen molar-refractivity contribution in [3.05, 3.63) is 71.3 Å². The summed E-state index contributed by atoms with van der Waals surface area (Å²) in [6.45, 7) is 15.8. The van der Waals surface area contributed by atoms with E-state index >= 15 is 0 Å². The van der Waals surface area contributed by atoms with E-state index in [0.717, 1.165) is 34.0 Å². The molecule has 0 unspecified atom stereocenters. The van der Waals surface area contributed by atoms with Crippen LogP contribution in [0.1, 0.15) is 43.2 Å². The Morgan fingerprint density at radius 1 is 1.08 bits per heavy atom. The monoisotopic (exact) mass is 514 g/mol. The zero-order valence-electron chi connectivity index (χ0n) is 22.6.